The Bertz CT molecular complexity index is 818. The monoisotopic (exact) mass is 368 g/mol. The number of nitro benzene ring substituents is 1. The summed E-state index contributed by atoms with van der Waals surface area (Å²) in [6.45, 7) is 1.63. The predicted octanol–water partition coefficient (Wildman–Crippen LogP) is 3.25. The Morgan fingerprint density at radius 2 is 1.74 bits per heavy atom. The Balaban J connectivity index is 1.56. The number of ether oxygens (including phenoxy) is 1. The van der Waals surface area contributed by atoms with Gasteiger partial charge in [0.15, 0.2) is 5.96 Å². The number of guanidine groups is 1. The van der Waals surface area contributed by atoms with E-state index in [1.807, 2.05) is 24.3 Å². The predicted molar refractivity (Wildman–Crippen MR) is 105 cm³/mol. The van der Waals surface area contributed by atoms with Gasteiger partial charge in [-0.3, -0.25) is 15.1 Å². The fraction of sp³-hybridized carbons (Fsp3) is 0.350. The van der Waals surface area contributed by atoms with E-state index >= 15 is 0 Å². The Kier molecular flexibility index (Phi) is 6.25. The maximum atomic E-state index is 11.1. The molecule has 1 aliphatic rings. The third kappa shape index (κ3) is 5.44. The minimum atomic E-state index is -0.374. The summed E-state index contributed by atoms with van der Waals surface area (Å²) in [7, 11) is 1.67. The van der Waals surface area contributed by atoms with Gasteiger partial charge in [0.2, 0.25) is 0 Å². The Labute approximate surface area is 158 Å². The summed E-state index contributed by atoms with van der Waals surface area (Å²) in [5.41, 5.74) is 1.75. The number of rotatable bonds is 8. The second-order valence-electron chi connectivity index (χ2n) is 6.53. The molecule has 0 amide bonds. The standard InChI is InChI=1S/C20H24N4O3/c1-21-20(22-12-16-6-2-4-8-18(16)24(25)26)23-13-17-7-3-5-9-19(17)27-14-15-10-11-15/h2-9,15H,10-14H2,1H3,(H2,21,22,23). The zero-order valence-corrected chi connectivity index (χ0v) is 15.4. The first-order chi connectivity index (χ1) is 13.2. The molecule has 0 aliphatic heterocycles. The topological polar surface area (TPSA) is 88.8 Å². The number of hydrogen-bond donors (Lipinski definition) is 2. The van der Waals surface area contributed by atoms with Crippen LogP contribution in [0.15, 0.2) is 53.5 Å². The first-order valence-electron chi connectivity index (χ1n) is 9.05. The van der Waals surface area contributed by atoms with Crippen molar-refractivity contribution in [2.24, 2.45) is 10.9 Å². The van der Waals surface area contributed by atoms with E-state index in [4.69, 9.17) is 4.74 Å². The second-order valence-corrected chi connectivity index (χ2v) is 6.53. The molecule has 2 N–H and O–H groups in total. The second kappa shape index (κ2) is 9.02. The number of nitro groups is 1. The minimum Gasteiger partial charge on any atom is -0.493 e. The van der Waals surface area contributed by atoms with Gasteiger partial charge in [-0.2, -0.15) is 0 Å². The lowest BCUT2D eigenvalue weighted by molar-refractivity contribution is -0.385. The summed E-state index contributed by atoms with van der Waals surface area (Å²) in [5.74, 6) is 2.15. The van der Waals surface area contributed by atoms with Gasteiger partial charge in [-0.05, 0) is 24.8 Å². The van der Waals surface area contributed by atoms with Crippen molar-refractivity contribution < 1.29 is 9.66 Å². The quantitative estimate of drug-likeness (QED) is 0.323. The van der Waals surface area contributed by atoms with Gasteiger partial charge in [0, 0.05) is 37.3 Å². The van der Waals surface area contributed by atoms with Gasteiger partial charge in [-0.1, -0.05) is 36.4 Å². The maximum absolute atomic E-state index is 11.1. The number of para-hydroxylation sites is 2. The zero-order chi connectivity index (χ0) is 19.1. The molecule has 0 spiro atoms. The highest BCUT2D eigenvalue weighted by atomic mass is 16.6. The molecule has 2 aromatic rings. The largest absolute Gasteiger partial charge is 0.493 e. The molecule has 0 aromatic heterocycles. The molecular formula is C20H24N4O3. The number of nitrogens with zero attached hydrogens (tertiary/aromatic N) is 2. The summed E-state index contributed by atoms with van der Waals surface area (Å²) in [6.07, 6.45) is 2.51. The van der Waals surface area contributed by atoms with Crippen LogP contribution in [0, 0.1) is 16.0 Å². The van der Waals surface area contributed by atoms with Gasteiger partial charge in [-0.15, -0.1) is 0 Å². The number of benzene rings is 2. The normalized spacial score (nSPS) is 13.9. The molecule has 0 heterocycles. The van der Waals surface area contributed by atoms with Gasteiger partial charge in [0.25, 0.3) is 5.69 Å². The fourth-order valence-corrected chi connectivity index (χ4v) is 2.70. The van der Waals surface area contributed by atoms with E-state index in [-0.39, 0.29) is 10.6 Å². The van der Waals surface area contributed by atoms with Gasteiger partial charge in [-0.25, -0.2) is 0 Å². The van der Waals surface area contributed by atoms with Gasteiger partial charge < -0.3 is 15.4 Å². The van der Waals surface area contributed by atoms with Crippen molar-refractivity contribution >= 4 is 11.6 Å². The van der Waals surface area contributed by atoms with Crippen molar-refractivity contribution in [1.82, 2.24) is 10.6 Å². The molecule has 0 saturated heterocycles. The average Bonchev–Trinajstić information content (AvgIpc) is 3.52. The lowest BCUT2D eigenvalue weighted by Crippen LogP contribution is -2.36. The van der Waals surface area contributed by atoms with Crippen LogP contribution in [0.4, 0.5) is 5.69 Å². The molecule has 27 heavy (non-hydrogen) atoms. The molecule has 1 aliphatic carbocycles. The van der Waals surface area contributed by atoms with Crippen LogP contribution in [0.5, 0.6) is 5.75 Å². The van der Waals surface area contributed by atoms with Crippen LogP contribution in [0.2, 0.25) is 0 Å². The summed E-state index contributed by atoms with van der Waals surface area (Å²) in [4.78, 5) is 14.9. The van der Waals surface area contributed by atoms with E-state index in [0.29, 0.717) is 30.5 Å². The lowest BCUT2D eigenvalue weighted by atomic mass is 10.2. The minimum absolute atomic E-state index is 0.0966. The van der Waals surface area contributed by atoms with Crippen molar-refractivity contribution in [2.45, 2.75) is 25.9 Å². The molecule has 3 rings (SSSR count). The number of aliphatic imine (C=N–C) groups is 1. The highest BCUT2D eigenvalue weighted by Gasteiger charge is 2.22. The van der Waals surface area contributed by atoms with Crippen molar-refractivity contribution in [1.29, 1.82) is 0 Å². The molecule has 1 saturated carbocycles. The molecular weight excluding hydrogens is 344 g/mol. The van der Waals surface area contributed by atoms with Crippen molar-refractivity contribution in [3.05, 3.63) is 69.8 Å². The summed E-state index contributed by atoms with van der Waals surface area (Å²) < 4.78 is 5.92. The van der Waals surface area contributed by atoms with Crippen molar-refractivity contribution in [3.8, 4) is 5.75 Å². The van der Waals surface area contributed by atoms with Crippen molar-refractivity contribution in [3.63, 3.8) is 0 Å². The summed E-state index contributed by atoms with van der Waals surface area (Å²) >= 11 is 0. The van der Waals surface area contributed by atoms with Crippen molar-refractivity contribution in [2.75, 3.05) is 13.7 Å². The van der Waals surface area contributed by atoms with Gasteiger partial charge in [0.1, 0.15) is 5.75 Å². The molecule has 7 heteroatoms. The lowest BCUT2D eigenvalue weighted by Gasteiger charge is -2.15. The van der Waals surface area contributed by atoms with Crippen LogP contribution in [0.1, 0.15) is 24.0 Å². The molecule has 1 fully saturated rings. The Morgan fingerprint density at radius 3 is 2.41 bits per heavy atom. The molecule has 7 nitrogen and oxygen atoms in total. The van der Waals surface area contributed by atoms with E-state index < -0.39 is 0 Å². The summed E-state index contributed by atoms with van der Waals surface area (Å²) in [6, 6.07) is 14.6. The third-order valence-corrected chi connectivity index (χ3v) is 4.45. The van der Waals surface area contributed by atoms with Crippen LogP contribution < -0.4 is 15.4 Å². The molecule has 2 aromatic carbocycles. The van der Waals surface area contributed by atoms with Crippen LogP contribution in [0.3, 0.4) is 0 Å². The SMILES string of the molecule is CN=C(NCc1ccccc1OCC1CC1)NCc1ccccc1[N+](=O)[O-]. The smallest absolute Gasteiger partial charge is 0.274 e. The zero-order valence-electron chi connectivity index (χ0n) is 15.4. The summed E-state index contributed by atoms with van der Waals surface area (Å²) in [5, 5.41) is 17.5. The highest BCUT2D eigenvalue weighted by Crippen LogP contribution is 2.30. The number of hydrogen-bond acceptors (Lipinski definition) is 4. The van der Waals surface area contributed by atoms with E-state index in [1.54, 1.807) is 25.2 Å². The first kappa shape index (κ1) is 18.7. The maximum Gasteiger partial charge on any atom is 0.274 e. The van der Waals surface area contributed by atoms with Crippen LogP contribution >= 0.6 is 0 Å². The molecule has 0 unspecified atom stereocenters. The van der Waals surface area contributed by atoms with Crippen LogP contribution in [-0.2, 0) is 13.1 Å². The van der Waals surface area contributed by atoms with Gasteiger partial charge in [0.05, 0.1) is 11.5 Å². The third-order valence-electron chi connectivity index (χ3n) is 4.45. The molecule has 0 radical (unpaired) electrons. The Hall–Kier alpha value is -3.09. The average molecular weight is 368 g/mol. The number of nitrogens with one attached hydrogen (secondary N) is 2. The van der Waals surface area contributed by atoms with Gasteiger partial charge >= 0.3 is 0 Å². The fourth-order valence-electron chi connectivity index (χ4n) is 2.70. The van der Waals surface area contributed by atoms with Crippen LogP contribution in [-0.4, -0.2) is 24.5 Å². The van der Waals surface area contributed by atoms with E-state index in [2.05, 4.69) is 15.6 Å². The highest BCUT2D eigenvalue weighted by molar-refractivity contribution is 5.79. The Morgan fingerprint density at radius 1 is 1.11 bits per heavy atom. The van der Waals surface area contributed by atoms with Crippen LogP contribution in [0.25, 0.3) is 0 Å². The van der Waals surface area contributed by atoms with E-state index in [1.165, 1.54) is 18.9 Å². The first-order valence-corrected chi connectivity index (χ1v) is 9.05. The molecule has 142 valence electrons. The molecule has 0 atom stereocenters. The van der Waals surface area contributed by atoms with E-state index in [9.17, 15) is 10.1 Å². The molecule has 0 bridgehead atoms. The van der Waals surface area contributed by atoms with E-state index in [0.717, 1.165) is 17.9 Å².